The molecule has 0 radical (unpaired) electrons. The van der Waals surface area contributed by atoms with Crippen molar-refractivity contribution >= 4 is 23.5 Å². The Hall–Kier alpha value is -1.58. The molecule has 1 N–H and O–H groups in total. The lowest BCUT2D eigenvalue weighted by molar-refractivity contribution is 0.600. The van der Waals surface area contributed by atoms with E-state index in [9.17, 15) is 0 Å². The highest BCUT2D eigenvalue weighted by atomic mass is 16.3. The molecule has 0 saturated carbocycles. The highest BCUT2D eigenvalue weighted by molar-refractivity contribution is 5.86. The molecule has 0 aliphatic heterocycles. The summed E-state index contributed by atoms with van der Waals surface area (Å²) >= 11 is 0. The molecule has 0 bridgehead atoms. The minimum atomic E-state index is 0.641. The van der Waals surface area contributed by atoms with E-state index in [2.05, 4.69) is 21.9 Å². The van der Waals surface area contributed by atoms with Crippen LogP contribution in [0, 0.1) is 0 Å². The van der Waals surface area contributed by atoms with Crippen LogP contribution in [0.4, 0.5) is 5.69 Å². The molecule has 0 saturated heterocycles. The summed E-state index contributed by atoms with van der Waals surface area (Å²) < 4.78 is 5.03. The third-order valence-corrected chi connectivity index (χ3v) is 1.34. The lowest BCUT2D eigenvalue weighted by Crippen LogP contribution is -1.58. The van der Waals surface area contributed by atoms with Gasteiger partial charge in [0.15, 0.2) is 0 Å². The zero-order valence-corrected chi connectivity index (χ0v) is 5.16. The lowest BCUT2D eigenvalue weighted by atomic mass is 10.4. The van der Waals surface area contributed by atoms with Crippen molar-refractivity contribution in [2.75, 3.05) is 0 Å². The molecule has 4 heteroatoms. The molecule has 0 fully saturated rings. The van der Waals surface area contributed by atoms with Crippen LogP contribution in [0.1, 0.15) is 0 Å². The third kappa shape index (κ3) is 0.500. The fourth-order valence-corrected chi connectivity index (χ4v) is 0.847. The van der Waals surface area contributed by atoms with Crippen LogP contribution < -0.4 is 0 Å². The second kappa shape index (κ2) is 1.70. The van der Waals surface area contributed by atoms with Crippen molar-refractivity contribution in [2.24, 2.45) is 4.99 Å². The molecule has 4 nitrogen and oxygen atoms in total. The first-order chi connectivity index (χ1) is 4.92. The maximum atomic E-state index is 5.03. The Bertz CT molecular complexity index is 360. The molecule has 0 unspecified atom stereocenters. The Morgan fingerprint density at radius 3 is 3.40 bits per heavy atom. The normalized spacial score (nSPS) is 10.4. The summed E-state index contributed by atoms with van der Waals surface area (Å²) in [5.74, 6) is 0. The summed E-state index contributed by atoms with van der Waals surface area (Å²) in [7, 11) is 0. The second-order valence-corrected chi connectivity index (χ2v) is 1.89. The highest BCUT2D eigenvalue weighted by Crippen LogP contribution is 2.25. The molecule has 2 aromatic rings. The average molecular weight is 135 g/mol. The van der Waals surface area contributed by atoms with Crippen LogP contribution >= 0.6 is 0 Å². The summed E-state index contributed by atoms with van der Waals surface area (Å²) in [6, 6.07) is 0. The number of fused-ring (bicyclic) bond motifs is 1. The smallest absolute Gasteiger partial charge is 0.224 e. The van der Waals surface area contributed by atoms with Gasteiger partial charge in [0.1, 0.15) is 12.0 Å². The predicted molar refractivity (Wildman–Crippen MR) is 37.6 cm³/mol. The summed E-state index contributed by atoms with van der Waals surface area (Å²) in [5.41, 5.74) is 1.37. The molecule has 0 aliphatic carbocycles. The van der Waals surface area contributed by atoms with Gasteiger partial charge in [-0.05, 0) is 6.72 Å². The summed E-state index contributed by atoms with van der Waals surface area (Å²) in [4.78, 5) is 3.73. The highest BCUT2D eigenvalue weighted by Gasteiger charge is 2.03. The molecule has 0 aliphatic rings. The number of hydrogen-bond acceptors (Lipinski definition) is 3. The fraction of sp³-hybridized carbons (Fsp3) is 0. The first kappa shape index (κ1) is 5.22. The number of aromatic amines is 1. The fourth-order valence-electron chi connectivity index (χ4n) is 0.847. The maximum absolute atomic E-state index is 5.03. The van der Waals surface area contributed by atoms with Gasteiger partial charge in [-0.15, -0.1) is 0 Å². The number of aromatic nitrogens is 2. The lowest BCUT2D eigenvalue weighted by Gasteiger charge is -1.75. The SMILES string of the molecule is C=Nc1coc2[nH]ncc12. The number of H-pyrrole nitrogens is 1. The van der Waals surface area contributed by atoms with Crippen molar-refractivity contribution in [2.45, 2.75) is 0 Å². The molecule has 2 heterocycles. The molecule has 0 atom stereocenters. The van der Waals surface area contributed by atoms with Crippen LogP contribution in [-0.4, -0.2) is 16.9 Å². The van der Waals surface area contributed by atoms with E-state index in [1.165, 1.54) is 6.26 Å². The van der Waals surface area contributed by atoms with Crippen LogP contribution in [0.5, 0.6) is 0 Å². The number of nitrogens with zero attached hydrogens (tertiary/aromatic N) is 2. The molecule has 0 aromatic carbocycles. The van der Waals surface area contributed by atoms with Crippen molar-refractivity contribution in [3.63, 3.8) is 0 Å². The van der Waals surface area contributed by atoms with Crippen molar-refractivity contribution in [1.29, 1.82) is 0 Å². The monoisotopic (exact) mass is 135 g/mol. The van der Waals surface area contributed by atoms with Gasteiger partial charge in [0.25, 0.3) is 0 Å². The van der Waals surface area contributed by atoms with Gasteiger partial charge in [0, 0.05) is 0 Å². The van der Waals surface area contributed by atoms with E-state index in [1.54, 1.807) is 6.20 Å². The average Bonchev–Trinajstić information content (AvgIpc) is 2.44. The third-order valence-electron chi connectivity index (χ3n) is 1.34. The van der Waals surface area contributed by atoms with Gasteiger partial charge < -0.3 is 4.42 Å². The van der Waals surface area contributed by atoms with Crippen LogP contribution in [0.15, 0.2) is 21.9 Å². The van der Waals surface area contributed by atoms with Gasteiger partial charge in [-0.25, -0.2) is 5.10 Å². The van der Waals surface area contributed by atoms with Crippen LogP contribution in [-0.2, 0) is 0 Å². The van der Waals surface area contributed by atoms with Gasteiger partial charge in [0.2, 0.25) is 5.71 Å². The number of nitrogens with one attached hydrogen (secondary N) is 1. The molecule has 2 rings (SSSR count). The predicted octanol–water partition coefficient (Wildman–Crippen LogP) is 1.49. The van der Waals surface area contributed by atoms with E-state index in [0.29, 0.717) is 5.71 Å². The Labute approximate surface area is 56.6 Å². The van der Waals surface area contributed by atoms with Gasteiger partial charge in [-0.2, -0.15) is 5.10 Å². The minimum Gasteiger partial charge on any atom is -0.444 e. The molecular weight excluding hydrogens is 130 g/mol. The first-order valence-electron chi connectivity index (χ1n) is 2.79. The minimum absolute atomic E-state index is 0.641. The molecule has 10 heavy (non-hydrogen) atoms. The molecule has 2 aromatic heterocycles. The van der Waals surface area contributed by atoms with E-state index in [1.807, 2.05) is 0 Å². The zero-order chi connectivity index (χ0) is 6.97. The quantitative estimate of drug-likeness (QED) is 0.602. The van der Waals surface area contributed by atoms with E-state index in [-0.39, 0.29) is 0 Å². The van der Waals surface area contributed by atoms with E-state index in [0.717, 1.165) is 11.1 Å². The zero-order valence-electron chi connectivity index (χ0n) is 5.16. The van der Waals surface area contributed by atoms with Crippen LogP contribution in [0.25, 0.3) is 11.1 Å². The molecule has 0 spiro atoms. The van der Waals surface area contributed by atoms with Crippen LogP contribution in [0.3, 0.4) is 0 Å². The molecule has 0 amide bonds. The van der Waals surface area contributed by atoms with Crippen molar-refractivity contribution in [1.82, 2.24) is 10.2 Å². The second-order valence-electron chi connectivity index (χ2n) is 1.89. The van der Waals surface area contributed by atoms with E-state index < -0.39 is 0 Å². The number of rotatable bonds is 1. The Morgan fingerprint density at radius 1 is 1.70 bits per heavy atom. The largest absolute Gasteiger partial charge is 0.444 e. The Balaban J connectivity index is 2.88. The number of aliphatic imine (C=N–C) groups is 1. The van der Waals surface area contributed by atoms with Gasteiger partial charge in [-0.3, -0.25) is 4.99 Å². The van der Waals surface area contributed by atoms with Gasteiger partial charge in [-0.1, -0.05) is 0 Å². The number of furan rings is 1. The molecule has 50 valence electrons. The topological polar surface area (TPSA) is 54.2 Å². The first-order valence-corrected chi connectivity index (χ1v) is 2.79. The van der Waals surface area contributed by atoms with Crippen molar-refractivity contribution in [3.8, 4) is 0 Å². The summed E-state index contributed by atoms with van der Waals surface area (Å²) in [6.45, 7) is 3.38. The van der Waals surface area contributed by atoms with E-state index in [4.69, 9.17) is 4.42 Å². The molecular formula is C6H5N3O. The van der Waals surface area contributed by atoms with Crippen molar-refractivity contribution < 1.29 is 4.42 Å². The Morgan fingerprint density at radius 2 is 2.60 bits per heavy atom. The maximum Gasteiger partial charge on any atom is 0.224 e. The van der Waals surface area contributed by atoms with Gasteiger partial charge in [0.05, 0.1) is 11.6 Å². The van der Waals surface area contributed by atoms with Gasteiger partial charge >= 0.3 is 0 Å². The number of hydrogen-bond donors (Lipinski definition) is 1. The van der Waals surface area contributed by atoms with Crippen LogP contribution in [0.2, 0.25) is 0 Å². The summed E-state index contributed by atoms with van der Waals surface area (Å²) in [5, 5.41) is 7.30. The standard InChI is InChI=1S/C6H5N3O/c1-7-5-3-10-6-4(5)2-8-9-6/h2-3H,1H2,(H,8,9). The summed E-state index contributed by atoms with van der Waals surface area (Å²) in [6.07, 6.45) is 3.19. The Kier molecular flexibility index (Phi) is 0.887. The van der Waals surface area contributed by atoms with Crippen molar-refractivity contribution in [3.05, 3.63) is 12.5 Å². The van der Waals surface area contributed by atoms with E-state index >= 15 is 0 Å².